The van der Waals surface area contributed by atoms with Crippen LogP contribution in [0.5, 0.6) is 5.75 Å². The number of ether oxygens (including phenoxy) is 1. The molecule has 0 unspecified atom stereocenters. The lowest BCUT2D eigenvalue weighted by Gasteiger charge is -2.17. The average Bonchev–Trinajstić information content (AvgIpc) is 2.53. The number of hydrogen-bond acceptors (Lipinski definition) is 4. The third kappa shape index (κ3) is 5.31. The van der Waals surface area contributed by atoms with Crippen molar-refractivity contribution >= 4 is 36.1 Å². The Balaban J connectivity index is 2.08. The summed E-state index contributed by atoms with van der Waals surface area (Å²) in [6, 6.07) is 9.77. The van der Waals surface area contributed by atoms with Gasteiger partial charge in [-0.15, -0.1) is 13.2 Å². The molecule has 0 spiro atoms. The van der Waals surface area contributed by atoms with E-state index < -0.39 is 24.1 Å². The number of amides is 3. The van der Waals surface area contributed by atoms with E-state index in [4.69, 9.17) is 5.73 Å². The van der Waals surface area contributed by atoms with Gasteiger partial charge in [0.25, 0.3) is 0 Å². The Morgan fingerprint density at radius 2 is 1.76 bits per heavy atom. The van der Waals surface area contributed by atoms with Crippen LogP contribution < -0.4 is 20.1 Å². The molecule has 0 radical (unpaired) electrons. The minimum absolute atomic E-state index is 0.0829. The number of nitrogens with two attached hydrogens (primary N) is 1. The van der Waals surface area contributed by atoms with Crippen LogP contribution in [0.25, 0.3) is 0 Å². The molecule has 0 bridgehead atoms. The van der Waals surface area contributed by atoms with E-state index in [9.17, 15) is 22.8 Å². The Kier molecular flexibility index (Phi) is 5.42. The lowest BCUT2D eigenvalue weighted by atomic mass is 10.2. The largest absolute Gasteiger partial charge is 0.573 e. The standard InChI is InChI=1S/C15H12F3N3O3S/c16-15(17,18)24-12-3-1-2-10(8-12)20-14(23)21(25)11-6-4-9(5-7-11)13(19)22/h1-8,25H,(H2,19,22)(H,20,23). The molecule has 0 aliphatic heterocycles. The Morgan fingerprint density at radius 3 is 2.32 bits per heavy atom. The molecule has 0 heterocycles. The predicted molar refractivity (Wildman–Crippen MR) is 88.6 cm³/mol. The summed E-state index contributed by atoms with van der Waals surface area (Å²) >= 11 is 4.02. The van der Waals surface area contributed by atoms with Crippen LogP contribution in [-0.4, -0.2) is 18.3 Å². The smallest absolute Gasteiger partial charge is 0.406 e. The van der Waals surface area contributed by atoms with Crippen LogP contribution in [0.2, 0.25) is 0 Å². The van der Waals surface area contributed by atoms with Crippen LogP contribution in [0.1, 0.15) is 10.4 Å². The van der Waals surface area contributed by atoms with Crippen LogP contribution in [0.4, 0.5) is 29.3 Å². The second kappa shape index (κ2) is 7.34. The molecule has 2 aromatic rings. The number of rotatable bonds is 4. The van der Waals surface area contributed by atoms with E-state index in [1.165, 1.54) is 36.4 Å². The fraction of sp³-hybridized carbons (Fsp3) is 0.0667. The lowest BCUT2D eigenvalue weighted by Crippen LogP contribution is -2.27. The summed E-state index contributed by atoms with van der Waals surface area (Å²) in [5.41, 5.74) is 5.78. The van der Waals surface area contributed by atoms with E-state index in [1.807, 2.05) is 0 Å². The fourth-order valence-electron chi connectivity index (χ4n) is 1.83. The lowest BCUT2D eigenvalue weighted by molar-refractivity contribution is -0.274. The second-order valence-electron chi connectivity index (χ2n) is 4.73. The molecular weight excluding hydrogens is 359 g/mol. The summed E-state index contributed by atoms with van der Waals surface area (Å²) in [7, 11) is 0. The number of anilines is 2. The van der Waals surface area contributed by atoms with Crippen molar-refractivity contribution in [1.29, 1.82) is 0 Å². The molecule has 6 nitrogen and oxygen atoms in total. The minimum atomic E-state index is -4.83. The molecule has 25 heavy (non-hydrogen) atoms. The van der Waals surface area contributed by atoms with E-state index in [0.29, 0.717) is 5.69 Å². The molecule has 2 rings (SSSR count). The van der Waals surface area contributed by atoms with E-state index in [1.54, 1.807) is 0 Å². The van der Waals surface area contributed by atoms with Crippen LogP contribution in [-0.2, 0) is 0 Å². The maximum absolute atomic E-state index is 12.2. The first-order chi connectivity index (χ1) is 11.7. The van der Waals surface area contributed by atoms with E-state index in [-0.39, 0.29) is 11.3 Å². The van der Waals surface area contributed by atoms with Gasteiger partial charge in [-0.2, -0.15) is 0 Å². The van der Waals surface area contributed by atoms with Gasteiger partial charge in [-0.05, 0) is 36.4 Å². The summed E-state index contributed by atoms with van der Waals surface area (Å²) < 4.78 is 41.3. The molecular formula is C15H12F3N3O3S. The molecule has 0 fully saturated rings. The first-order valence-electron chi connectivity index (χ1n) is 6.71. The molecule has 132 valence electrons. The van der Waals surface area contributed by atoms with Gasteiger partial charge in [0, 0.05) is 17.3 Å². The van der Waals surface area contributed by atoms with Gasteiger partial charge in [0.15, 0.2) is 0 Å². The number of carbonyl (C=O) groups is 2. The van der Waals surface area contributed by atoms with E-state index >= 15 is 0 Å². The third-order valence-corrected chi connectivity index (χ3v) is 3.32. The number of alkyl halides is 3. The Morgan fingerprint density at radius 1 is 1.12 bits per heavy atom. The summed E-state index contributed by atoms with van der Waals surface area (Å²) in [6.07, 6.45) is -4.83. The highest BCUT2D eigenvalue weighted by atomic mass is 32.1. The molecule has 3 N–H and O–H groups in total. The van der Waals surface area contributed by atoms with Crippen LogP contribution in [0.15, 0.2) is 48.5 Å². The summed E-state index contributed by atoms with van der Waals surface area (Å²) in [5, 5.41) is 2.38. The number of benzene rings is 2. The molecule has 0 aromatic heterocycles. The monoisotopic (exact) mass is 371 g/mol. The number of hydrogen-bond donors (Lipinski definition) is 3. The number of primary amides is 1. The molecule has 2 aromatic carbocycles. The first-order valence-corrected chi connectivity index (χ1v) is 7.11. The quantitative estimate of drug-likeness (QED) is 0.719. The zero-order chi connectivity index (χ0) is 18.6. The summed E-state index contributed by atoms with van der Waals surface area (Å²) in [5.74, 6) is -1.09. The van der Waals surface area contributed by atoms with Gasteiger partial charge >= 0.3 is 12.4 Å². The number of urea groups is 1. The Bertz CT molecular complexity index is 782. The van der Waals surface area contributed by atoms with Crippen molar-refractivity contribution < 1.29 is 27.5 Å². The average molecular weight is 371 g/mol. The number of thiol groups is 1. The molecule has 0 aliphatic rings. The number of nitrogens with zero attached hydrogens (tertiary/aromatic N) is 1. The maximum Gasteiger partial charge on any atom is 0.573 e. The van der Waals surface area contributed by atoms with Gasteiger partial charge < -0.3 is 15.8 Å². The minimum Gasteiger partial charge on any atom is -0.406 e. The van der Waals surface area contributed by atoms with Gasteiger partial charge in [-0.3, -0.25) is 4.79 Å². The van der Waals surface area contributed by atoms with Crippen molar-refractivity contribution in [3.05, 3.63) is 54.1 Å². The van der Waals surface area contributed by atoms with E-state index in [2.05, 4.69) is 22.9 Å². The number of halogens is 3. The van der Waals surface area contributed by atoms with Crippen molar-refractivity contribution in [3.8, 4) is 5.75 Å². The van der Waals surface area contributed by atoms with Gasteiger partial charge in [0.2, 0.25) is 5.91 Å². The third-order valence-electron chi connectivity index (χ3n) is 2.91. The fourth-order valence-corrected chi connectivity index (χ4v) is 2.01. The highest BCUT2D eigenvalue weighted by Crippen LogP contribution is 2.26. The normalized spacial score (nSPS) is 10.9. The van der Waals surface area contributed by atoms with Crippen molar-refractivity contribution in [2.75, 3.05) is 9.62 Å². The van der Waals surface area contributed by atoms with Crippen LogP contribution in [0.3, 0.4) is 0 Å². The highest BCUT2D eigenvalue weighted by Gasteiger charge is 2.31. The SMILES string of the molecule is NC(=O)c1ccc(N(S)C(=O)Nc2cccc(OC(F)(F)F)c2)cc1. The summed E-state index contributed by atoms with van der Waals surface area (Å²) in [6.45, 7) is 0. The van der Waals surface area contributed by atoms with E-state index in [0.717, 1.165) is 16.4 Å². The molecule has 10 heteroatoms. The zero-order valence-corrected chi connectivity index (χ0v) is 13.3. The predicted octanol–water partition coefficient (Wildman–Crippen LogP) is 3.57. The Labute approximate surface area is 145 Å². The molecule has 0 saturated heterocycles. The van der Waals surface area contributed by atoms with Gasteiger partial charge in [0.1, 0.15) is 5.75 Å². The van der Waals surface area contributed by atoms with Crippen molar-refractivity contribution in [1.82, 2.24) is 0 Å². The Hall–Kier alpha value is -2.88. The zero-order valence-electron chi connectivity index (χ0n) is 12.4. The van der Waals surface area contributed by atoms with Gasteiger partial charge in [0.05, 0.1) is 5.69 Å². The molecule has 0 atom stereocenters. The van der Waals surface area contributed by atoms with Crippen molar-refractivity contribution in [3.63, 3.8) is 0 Å². The summed E-state index contributed by atoms with van der Waals surface area (Å²) in [4.78, 5) is 23.1. The van der Waals surface area contributed by atoms with Crippen molar-refractivity contribution in [2.24, 2.45) is 5.73 Å². The van der Waals surface area contributed by atoms with Crippen LogP contribution in [0, 0.1) is 0 Å². The van der Waals surface area contributed by atoms with Crippen molar-refractivity contribution in [2.45, 2.75) is 6.36 Å². The first kappa shape index (κ1) is 18.5. The second-order valence-corrected chi connectivity index (χ2v) is 5.13. The molecule has 3 amide bonds. The number of carbonyl (C=O) groups excluding carboxylic acids is 2. The van der Waals surface area contributed by atoms with Gasteiger partial charge in [-0.25, -0.2) is 9.10 Å². The maximum atomic E-state index is 12.2. The molecule has 0 saturated carbocycles. The van der Waals surface area contributed by atoms with Crippen LogP contribution >= 0.6 is 12.8 Å². The highest BCUT2D eigenvalue weighted by molar-refractivity contribution is 7.82. The van der Waals surface area contributed by atoms with Gasteiger partial charge in [-0.1, -0.05) is 18.9 Å². The molecule has 0 aliphatic carbocycles. The topological polar surface area (TPSA) is 84.7 Å². The number of nitrogens with one attached hydrogen (secondary N) is 1.